The van der Waals surface area contributed by atoms with Crippen LogP contribution in [-0.4, -0.2) is 24.3 Å². The summed E-state index contributed by atoms with van der Waals surface area (Å²) in [6, 6.07) is 6.53. The zero-order valence-corrected chi connectivity index (χ0v) is 12.8. The van der Waals surface area contributed by atoms with Crippen LogP contribution in [0.5, 0.6) is 0 Å². The Hall–Kier alpha value is -1.06. The van der Waals surface area contributed by atoms with Gasteiger partial charge >= 0.3 is 0 Å². The van der Waals surface area contributed by atoms with Crippen molar-refractivity contribution in [3.8, 4) is 0 Å². The first-order valence-electron chi connectivity index (χ1n) is 7.99. The van der Waals surface area contributed by atoms with Crippen molar-refractivity contribution in [3.05, 3.63) is 29.3 Å². The zero-order chi connectivity index (χ0) is 14.4. The van der Waals surface area contributed by atoms with E-state index in [1.54, 1.807) is 0 Å². The molecule has 0 radical (unpaired) electrons. The van der Waals surface area contributed by atoms with Crippen molar-refractivity contribution in [1.82, 2.24) is 5.32 Å². The minimum Gasteiger partial charge on any atom is -0.392 e. The standard InChI is InChI=1S/C17H28N2O/c1-3-13(4-2)16(20)12-18-11-15-8-5-7-14-9-6-10-19-17(14)15/h5,7-8,13,16,18-20H,3-4,6,9-12H2,1-2H3. The number of fused-ring (bicyclic) bond motifs is 1. The third-order valence-electron chi connectivity index (χ3n) is 4.42. The first-order chi connectivity index (χ1) is 9.76. The first-order valence-corrected chi connectivity index (χ1v) is 7.99. The van der Waals surface area contributed by atoms with Gasteiger partial charge in [0.2, 0.25) is 0 Å². The molecule has 112 valence electrons. The number of para-hydroxylation sites is 1. The van der Waals surface area contributed by atoms with E-state index < -0.39 is 0 Å². The van der Waals surface area contributed by atoms with Gasteiger partial charge in [0.15, 0.2) is 0 Å². The number of anilines is 1. The van der Waals surface area contributed by atoms with Gasteiger partial charge in [-0.3, -0.25) is 0 Å². The molecule has 1 aliphatic rings. The van der Waals surface area contributed by atoms with Gasteiger partial charge in [-0.25, -0.2) is 0 Å². The second-order valence-electron chi connectivity index (χ2n) is 5.76. The maximum atomic E-state index is 10.1. The molecule has 3 nitrogen and oxygen atoms in total. The van der Waals surface area contributed by atoms with Crippen LogP contribution in [0.2, 0.25) is 0 Å². The molecular formula is C17H28N2O. The highest BCUT2D eigenvalue weighted by Gasteiger charge is 2.16. The average Bonchev–Trinajstić information content (AvgIpc) is 2.49. The molecule has 1 heterocycles. The van der Waals surface area contributed by atoms with Crippen molar-refractivity contribution in [1.29, 1.82) is 0 Å². The quantitative estimate of drug-likeness (QED) is 0.717. The van der Waals surface area contributed by atoms with Crippen LogP contribution in [0.4, 0.5) is 5.69 Å². The molecule has 3 heteroatoms. The van der Waals surface area contributed by atoms with Crippen molar-refractivity contribution in [2.24, 2.45) is 5.92 Å². The highest BCUT2D eigenvalue weighted by atomic mass is 16.3. The average molecular weight is 276 g/mol. The van der Waals surface area contributed by atoms with Crippen LogP contribution in [0.1, 0.15) is 44.2 Å². The molecule has 0 fully saturated rings. The van der Waals surface area contributed by atoms with E-state index in [0.717, 1.165) is 25.9 Å². The van der Waals surface area contributed by atoms with Crippen molar-refractivity contribution in [3.63, 3.8) is 0 Å². The van der Waals surface area contributed by atoms with Crippen LogP contribution >= 0.6 is 0 Å². The Bertz CT molecular complexity index is 415. The Morgan fingerprint density at radius 1 is 1.30 bits per heavy atom. The van der Waals surface area contributed by atoms with Gasteiger partial charge in [-0.1, -0.05) is 44.9 Å². The molecule has 0 saturated carbocycles. The Kier molecular flexibility index (Phi) is 5.86. The maximum absolute atomic E-state index is 10.1. The Labute approximate surface area is 122 Å². The number of benzene rings is 1. The van der Waals surface area contributed by atoms with Gasteiger partial charge in [0, 0.05) is 25.3 Å². The van der Waals surface area contributed by atoms with E-state index in [0.29, 0.717) is 12.5 Å². The minimum atomic E-state index is -0.238. The summed E-state index contributed by atoms with van der Waals surface area (Å²) in [5, 5.41) is 17.1. The van der Waals surface area contributed by atoms with Gasteiger partial charge in [-0.15, -0.1) is 0 Å². The lowest BCUT2D eigenvalue weighted by Crippen LogP contribution is -2.32. The molecule has 20 heavy (non-hydrogen) atoms. The second kappa shape index (κ2) is 7.65. The van der Waals surface area contributed by atoms with E-state index >= 15 is 0 Å². The van der Waals surface area contributed by atoms with E-state index in [2.05, 4.69) is 42.7 Å². The molecular weight excluding hydrogens is 248 g/mol. The van der Waals surface area contributed by atoms with Crippen LogP contribution in [0, 0.1) is 5.92 Å². The summed E-state index contributed by atoms with van der Waals surface area (Å²) < 4.78 is 0. The number of aliphatic hydroxyl groups excluding tert-OH is 1. The van der Waals surface area contributed by atoms with Gasteiger partial charge in [0.25, 0.3) is 0 Å². The molecule has 1 aromatic rings. The molecule has 1 unspecified atom stereocenters. The largest absolute Gasteiger partial charge is 0.392 e. The molecule has 1 aromatic carbocycles. The molecule has 3 N–H and O–H groups in total. The van der Waals surface area contributed by atoms with Crippen LogP contribution in [-0.2, 0) is 13.0 Å². The van der Waals surface area contributed by atoms with Gasteiger partial charge in [0.05, 0.1) is 6.10 Å². The minimum absolute atomic E-state index is 0.238. The summed E-state index contributed by atoms with van der Waals surface area (Å²) in [4.78, 5) is 0. The fourth-order valence-corrected chi connectivity index (χ4v) is 3.08. The number of aliphatic hydroxyl groups is 1. The van der Waals surface area contributed by atoms with E-state index in [9.17, 15) is 5.11 Å². The van der Waals surface area contributed by atoms with Gasteiger partial charge in [0.1, 0.15) is 0 Å². The Balaban J connectivity index is 1.88. The topological polar surface area (TPSA) is 44.3 Å². The number of hydrogen-bond acceptors (Lipinski definition) is 3. The molecule has 0 amide bonds. The molecule has 0 aromatic heterocycles. The molecule has 1 atom stereocenters. The number of aryl methyl sites for hydroxylation is 1. The summed E-state index contributed by atoms with van der Waals surface area (Å²) in [7, 11) is 0. The molecule has 1 aliphatic heterocycles. The van der Waals surface area contributed by atoms with Crippen molar-refractivity contribution in [2.45, 2.75) is 52.2 Å². The van der Waals surface area contributed by atoms with Gasteiger partial charge in [-0.05, 0) is 29.9 Å². The van der Waals surface area contributed by atoms with Crippen LogP contribution in [0.15, 0.2) is 18.2 Å². The zero-order valence-electron chi connectivity index (χ0n) is 12.8. The van der Waals surface area contributed by atoms with Crippen LogP contribution < -0.4 is 10.6 Å². The molecule has 0 saturated heterocycles. The third-order valence-corrected chi connectivity index (χ3v) is 4.42. The third kappa shape index (κ3) is 3.74. The summed E-state index contributed by atoms with van der Waals surface area (Å²) in [6.45, 7) is 6.87. The van der Waals surface area contributed by atoms with Crippen molar-refractivity contribution >= 4 is 5.69 Å². The summed E-state index contributed by atoms with van der Waals surface area (Å²) in [5.74, 6) is 0.408. The smallest absolute Gasteiger partial charge is 0.0692 e. The molecule has 2 rings (SSSR count). The Morgan fingerprint density at radius 3 is 2.85 bits per heavy atom. The summed E-state index contributed by atoms with van der Waals surface area (Å²) in [5.41, 5.74) is 4.05. The molecule has 0 spiro atoms. The van der Waals surface area contributed by atoms with E-state index in [-0.39, 0.29) is 6.10 Å². The lowest BCUT2D eigenvalue weighted by atomic mass is 9.96. The van der Waals surface area contributed by atoms with Crippen LogP contribution in [0.25, 0.3) is 0 Å². The monoisotopic (exact) mass is 276 g/mol. The SMILES string of the molecule is CCC(CC)C(O)CNCc1cccc2c1NCCC2. The van der Waals surface area contributed by atoms with Gasteiger partial charge < -0.3 is 15.7 Å². The predicted octanol–water partition coefficient (Wildman–Crippen LogP) is 2.93. The van der Waals surface area contributed by atoms with Crippen molar-refractivity contribution in [2.75, 3.05) is 18.4 Å². The number of hydrogen-bond donors (Lipinski definition) is 3. The highest BCUT2D eigenvalue weighted by Crippen LogP contribution is 2.25. The Morgan fingerprint density at radius 2 is 2.10 bits per heavy atom. The number of nitrogens with one attached hydrogen (secondary N) is 2. The fraction of sp³-hybridized carbons (Fsp3) is 0.647. The second-order valence-corrected chi connectivity index (χ2v) is 5.76. The van der Waals surface area contributed by atoms with E-state index in [4.69, 9.17) is 0 Å². The van der Waals surface area contributed by atoms with Crippen molar-refractivity contribution < 1.29 is 5.11 Å². The van der Waals surface area contributed by atoms with Gasteiger partial charge in [-0.2, -0.15) is 0 Å². The van der Waals surface area contributed by atoms with E-state index in [1.165, 1.54) is 29.7 Å². The number of rotatable bonds is 7. The molecule has 0 aliphatic carbocycles. The first kappa shape index (κ1) is 15.3. The predicted molar refractivity (Wildman–Crippen MR) is 85.0 cm³/mol. The summed E-state index contributed by atoms with van der Waals surface area (Å²) >= 11 is 0. The lowest BCUT2D eigenvalue weighted by Gasteiger charge is -2.23. The maximum Gasteiger partial charge on any atom is 0.0692 e. The van der Waals surface area contributed by atoms with Crippen LogP contribution in [0.3, 0.4) is 0 Å². The fourth-order valence-electron chi connectivity index (χ4n) is 3.08. The lowest BCUT2D eigenvalue weighted by molar-refractivity contribution is 0.101. The molecule has 0 bridgehead atoms. The summed E-state index contributed by atoms with van der Waals surface area (Å²) in [6.07, 6.45) is 4.24. The normalized spacial score (nSPS) is 15.8. The van der Waals surface area contributed by atoms with E-state index in [1.807, 2.05) is 0 Å². The highest BCUT2D eigenvalue weighted by molar-refractivity contribution is 5.59.